The van der Waals surface area contributed by atoms with Crippen LogP contribution in [-0.2, 0) is 9.84 Å². The van der Waals surface area contributed by atoms with Gasteiger partial charge in [0.1, 0.15) is 0 Å². The van der Waals surface area contributed by atoms with E-state index in [0.29, 0.717) is 4.90 Å². The first kappa shape index (κ1) is 12.3. The van der Waals surface area contributed by atoms with Crippen LogP contribution in [0, 0.1) is 6.92 Å². The molecule has 0 aliphatic heterocycles. The van der Waals surface area contributed by atoms with E-state index in [9.17, 15) is 8.42 Å². The molecule has 0 aliphatic rings. The Hall–Kier alpha value is -0.740. The quantitative estimate of drug-likeness (QED) is 0.814. The van der Waals surface area contributed by atoms with Gasteiger partial charge in [0.15, 0.2) is 9.84 Å². The Bertz CT molecular complexity index is 430. The zero-order valence-electron chi connectivity index (χ0n) is 8.80. The van der Waals surface area contributed by atoms with Crippen LogP contribution in [-0.4, -0.2) is 14.2 Å². The molecule has 0 bridgehead atoms. The van der Waals surface area contributed by atoms with Gasteiger partial charge >= 0.3 is 0 Å². The Morgan fingerprint density at radius 3 is 2.40 bits per heavy atom. The average Bonchev–Trinajstić information content (AvgIpc) is 2.18. The first-order valence-electron chi connectivity index (χ1n) is 4.66. The number of hydrogen-bond donors (Lipinski definition) is 0. The van der Waals surface area contributed by atoms with Gasteiger partial charge in [0, 0.05) is 5.41 Å². The molecule has 82 valence electrons. The summed E-state index contributed by atoms with van der Waals surface area (Å²) < 4.78 is 23.4. The maximum absolute atomic E-state index is 11.7. The first-order valence-corrected chi connectivity index (χ1v) is 7.25. The summed E-state index contributed by atoms with van der Waals surface area (Å²) in [5.74, 6) is 0.875. The second-order valence-corrected chi connectivity index (χ2v) is 6.10. The van der Waals surface area contributed by atoms with E-state index in [1.165, 1.54) is 17.2 Å². The zero-order valence-corrected chi connectivity index (χ0v) is 10.4. The van der Waals surface area contributed by atoms with Crippen molar-refractivity contribution in [2.45, 2.75) is 18.7 Å². The van der Waals surface area contributed by atoms with E-state index in [2.05, 4.69) is 0 Å². The van der Waals surface area contributed by atoms with E-state index < -0.39 is 9.84 Å². The largest absolute Gasteiger partial charge is 0.219 e. The van der Waals surface area contributed by atoms with Gasteiger partial charge in [-0.05, 0) is 30.2 Å². The Kier molecular flexibility index (Phi) is 4.42. The summed E-state index contributed by atoms with van der Waals surface area (Å²) in [5.41, 5.74) is 1.06. The average molecular weight is 242 g/mol. The molecular formula is C11H14O2S2. The first-order chi connectivity index (χ1) is 7.06. The number of rotatable bonds is 4. The maximum Gasteiger partial charge on any atom is 0.200 e. The Morgan fingerprint density at radius 2 is 1.87 bits per heavy atom. The van der Waals surface area contributed by atoms with Gasteiger partial charge in [0.2, 0.25) is 0 Å². The van der Waals surface area contributed by atoms with E-state index >= 15 is 0 Å². The fourth-order valence-corrected chi connectivity index (χ4v) is 2.78. The Labute approximate surface area is 95.3 Å². The van der Waals surface area contributed by atoms with Crippen molar-refractivity contribution in [1.82, 2.24) is 0 Å². The summed E-state index contributed by atoms with van der Waals surface area (Å²) in [6, 6.07) is 6.86. The lowest BCUT2D eigenvalue weighted by Crippen LogP contribution is -1.95. The SMILES string of the molecule is CCS/C=C\S(=O)(=O)c1ccc(C)cc1. The number of aryl methyl sites for hydroxylation is 1. The third-order valence-electron chi connectivity index (χ3n) is 1.85. The molecular weight excluding hydrogens is 228 g/mol. The van der Waals surface area contributed by atoms with Crippen molar-refractivity contribution in [2.75, 3.05) is 5.75 Å². The van der Waals surface area contributed by atoms with Gasteiger partial charge in [-0.1, -0.05) is 24.6 Å². The van der Waals surface area contributed by atoms with Crippen molar-refractivity contribution in [3.05, 3.63) is 40.6 Å². The summed E-state index contributed by atoms with van der Waals surface area (Å²) in [6.07, 6.45) is 0. The van der Waals surface area contributed by atoms with Crippen molar-refractivity contribution >= 4 is 21.6 Å². The molecule has 4 heteroatoms. The van der Waals surface area contributed by atoms with Crippen LogP contribution < -0.4 is 0 Å². The van der Waals surface area contributed by atoms with Crippen LogP contribution >= 0.6 is 11.8 Å². The van der Waals surface area contributed by atoms with Crippen molar-refractivity contribution in [1.29, 1.82) is 0 Å². The van der Waals surface area contributed by atoms with E-state index in [1.807, 2.05) is 13.8 Å². The third kappa shape index (κ3) is 3.72. The molecule has 0 spiro atoms. The minimum absolute atomic E-state index is 0.348. The topological polar surface area (TPSA) is 34.1 Å². The van der Waals surface area contributed by atoms with Gasteiger partial charge in [-0.25, -0.2) is 8.42 Å². The van der Waals surface area contributed by atoms with Gasteiger partial charge in [-0.3, -0.25) is 0 Å². The lowest BCUT2D eigenvalue weighted by atomic mass is 10.2. The third-order valence-corrected chi connectivity index (χ3v) is 4.10. The highest BCUT2D eigenvalue weighted by Crippen LogP contribution is 2.14. The van der Waals surface area contributed by atoms with Gasteiger partial charge in [-0.2, -0.15) is 0 Å². The maximum atomic E-state index is 11.7. The van der Waals surface area contributed by atoms with Crippen molar-refractivity contribution in [3.8, 4) is 0 Å². The molecule has 0 unspecified atom stereocenters. The molecule has 2 nitrogen and oxygen atoms in total. The van der Waals surface area contributed by atoms with E-state index in [4.69, 9.17) is 0 Å². The number of sulfone groups is 1. The summed E-state index contributed by atoms with van der Waals surface area (Å²) in [6.45, 7) is 3.91. The van der Waals surface area contributed by atoms with Gasteiger partial charge in [-0.15, -0.1) is 11.8 Å². The molecule has 0 heterocycles. The molecule has 1 rings (SSSR count). The van der Waals surface area contributed by atoms with Crippen LogP contribution in [0.3, 0.4) is 0 Å². The molecule has 0 aliphatic carbocycles. The van der Waals surface area contributed by atoms with Gasteiger partial charge in [0.05, 0.1) is 4.90 Å². The molecule has 1 aromatic rings. The fraction of sp³-hybridized carbons (Fsp3) is 0.273. The minimum atomic E-state index is -3.25. The summed E-state index contributed by atoms with van der Waals surface area (Å²) in [4.78, 5) is 0.348. The van der Waals surface area contributed by atoms with E-state index in [-0.39, 0.29) is 0 Å². The van der Waals surface area contributed by atoms with E-state index in [1.54, 1.807) is 29.7 Å². The zero-order chi connectivity index (χ0) is 11.3. The van der Waals surface area contributed by atoms with E-state index in [0.717, 1.165) is 11.3 Å². The highest BCUT2D eigenvalue weighted by atomic mass is 32.2. The lowest BCUT2D eigenvalue weighted by Gasteiger charge is -1.99. The highest BCUT2D eigenvalue weighted by Gasteiger charge is 2.08. The molecule has 0 aromatic heterocycles. The number of thioether (sulfide) groups is 1. The minimum Gasteiger partial charge on any atom is -0.219 e. The predicted molar refractivity (Wildman–Crippen MR) is 65.6 cm³/mol. The van der Waals surface area contributed by atoms with Crippen LogP contribution in [0.25, 0.3) is 0 Å². The smallest absolute Gasteiger partial charge is 0.200 e. The van der Waals surface area contributed by atoms with Crippen LogP contribution in [0.2, 0.25) is 0 Å². The molecule has 0 atom stereocenters. The summed E-state index contributed by atoms with van der Waals surface area (Å²) in [5, 5.41) is 2.88. The fourth-order valence-electron chi connectivity index (χ4n) is 1.02. The van der Waals surface area contributed by atoms with Gasteiger partial charge in [0.25, 0.3) is 0 Å². The van der Waals surface area contributed by atoms with Crippen molar-refractivity contribution in [2.24, 2.45) is 0 Å². The Balaban J connectivity index is 2.91. The Morgan fingerprint density at radius 1 is 1.27 bits per heavy atom. The second-order valence-electron chi connectivity index (χ2n) is 3.09. The molecule has 0 radical (unpaired) electrons. The standard InChI is InChI=1S/C11H14O2S2/c1-3-14-8-9-15(12,13)11-6-4-10(2)5-7-11/h4-9H,3H2,1-2H3/b9-8-. The summed E-state index contributed by atoms with van der Waals surface area (Å²) in [7, 11) is -3.25. The lowest BCUT2D eigenvalue weighted by molar-refractivity contribution is 0.604. The van der Waals surface area contributed by atoms with Crippen LogP contribution in [0.15, 0.2) is 40.0 Å². The molecule has 0 fully saturated rings. The van der Waals surface area contributed by atoms with Crippen molar-refractivity contribution in [3.63, 3.8) is 0 Å². The molecule has 0 amide bonds. The molecule has 15 heavy (non-hydrogen) atoms. The van der Waals surface area contributed by atoms with Crippen molar-refractivity contribution < 1.29 is 8.42 Å². The normalized spacial score (nSPS) is 12.1. The molecule has 0 saturated carbocycles. The molecule has 0 saturated heterocycles. The number of benzene rings is 1. The highest BCUT2D eigenvalue weighted by molar-refractivity contribution is 8.03. The summed E-state index contributed by atoms with van der Waals surface area (Å²) >= 11 is 1.47. The second kappa shape index (κ2) is 5.37. The van der Waals surface area contributed by atoms with Crippen LogP contribution in [0.1, 0.15) is 12.5 Å². The predicted octanol–water partition coefficient (Wildman–Crippen LogP) is 2.99. The monoisotopic (exact) mass is 242 g/mol. The van der Waals surface area contributed by atoms with Crippen LogP contribution in [0.4, 0.5) is 0 Å². The van der Waals surface area contributed by atoms with Gasteiger partial charge < -0.3 is 0 Å². The molecule has 1 aromatic carbocycles. The molecule has 0 N–H and O–H groups in total. The van der Waals surface area contributed by atoms with Crippen LogP contribution in [0.5, 0.6) is 0 Å². The number of hydrogen-bond acceptors (Lipinski definition) is 3.